The lowest BCUT2D eigenvalue weighted by molar-refractivity contribution is -0.122. The van der Waals surface area contributed by atoms with E-state index in [9.17, 15) is 4.79 Å². The number of amides is 1. The van der Waals surface area contributed by atoms with Crippen LogP contribution in [-0.4, -0.2) is 34.9 Å². The van der Waals surface area contributed by atoms with Gasteiger partial charge in [0.1, 0.15) is 0 Å². The highest BCUT2D eigenvalue weighted by molar-refractivity contribution is 5.78. The molecule has 0 fully saturated rings. The Morgan fingerprint density at radius 1 is 1.53 bits per heavy atom. The number of likely N-dealkylation sites (N-methyl/N-ethyl adjacent to an activating group) is 1. The highest BCUT2D eigenvalue weighted by Gasteiger charge is 2.10. The summed E-state index contributed by atoms with van der Waals surface area (Å²) in [7, 11) is 0. The van der Waals surface area contributed by atoms with Crippen molar-refractivity contribution in [1.29, 1.82) is 0 Å². The Hall–Kier alpha value is -1.42. The van der Waals surface area contributed by atoms with E-state index < -0.39 is 0 Å². The van der Waals surface area contributed by atoms with Crippen LogP contribution in [0, 0.1) is 0 Å². The minimum atomic E-state index is 0.0748. The van der Waals surface area contributed by atoms with E-state index in [0.717, 1.165) is 18.7 Å². The van der Waals surface area contributed by atoms with Gasteiger partial charge in [-0.15, -0.1) is 0 Å². The number of carbonyl (C=O) groups excluding carboxylic acids is 1. The van der Waals surface area contributed by atoms with E-state index in [1.165, 1.54) is 0 Å². The minimum Gasteiger partial charge on any atom is -0.353 e. The Morgan fingerprint density at radius 2 is 2.29 bits per heavy atom. The molecule has 0 aliphatic heterocycles. The molecule has 1 rings (SSSR count). The van der Waals surface area contributed by atoms with Gasteiger partial charge in [-0.3, -0.25) is 14.7 Å². The Balaban J connectivity index is 2.46. The Morgan fingerprint density at radius 3 is 2.82 bits per heavy atom. The summed E-state index contributed by atoms with van der Waals surface area (Å²) < 4.78 is 0. The molecular weight excluding hydrogens is 214 g/mol. The van der Waals surface area contributed by atoms with E-state index in [4.69, 9.17) is 0 Å². The molecule has 0 saturated heterocycles. The van der Waals surface area contributed by atoms with Crippen molar-refractivity contribution in [1.82, 2.24) is 15.2 Å². The average molecular weight is 235 g/mol. The molecule has 0 aliphatic rings. The predicted octanol–water partition coefficient (Wildman–Crippen LogP) is 1.43. The predicted molar refractivity (Wildman–Crippen MR) is 68.5 cm³/mol. The number of rotatable bonds is 6. The summed E-state index contributed by atoms with van der Waals surface area (Å²) >= 11 is 0. The number of hydrogen-bond donors (Lipinski definition) is 1. The standard InChI is InChI=1S/C13H21N3O/c1-4-16(10-13(17)15-11(2)3)9-12-6-5-7-14-8-12/h5-8,11H,4,9-10H2,1-3H3,(H,15,17). The molecule has 0 radical (unpaired) electrons. The third-order valence-corrected chi connectivity index (χ3v) is 2.39. The van der Waals surface area contributed by atoms with Crippen LogP contribution < -0.4 is 5.32 Å². The van der Waals surface area contributed by atoms with Crippen LogP contribution in [0.5, 0.6) is 0 Å². The van der Waals surface area contributed by atoms with Gasteiger partial charge in [0.2, 0.25) is 5.91 Å². The van der Waals surface area contributed by atoms with E-state index in [1.54, 1.807) is 6.20 Å². The second-order valence-corrected chi connectivity index (χ2v) is 4.39. The van der Waals surface area contributed by atoms with Crippen LogP contribution >= 0.6 is 0 Å². The Bertz CT molecular complexity index is 338. The van der Waals surface area contributed by atoms with Crippen LogP contribution in [0.2, 0.25) is 0 Å². The van der Waals surface area contributed by atoms with Crippen LogP contribution in [0.15, 0.2) is 24.5 Å². The summed E-state index contributed by atoms with van der Waals surface area (Å²) in [6, 6.07) is 4.13. The highest BCUT2D eigenvalue weighted by Crippen LogP contribution is 2.02. The van der Waals surface area contributed by atoms with E-state index in [2.05, 4.69) is 22.1 Å². The second kappa shape index (κ2) is 7.01. The minimum absolute atomic E-state index is 0.0748. The van der Waals surface area contributed by atoms with Gasteiger partial charge in [0.25, 0.3) is 0 Å². The number of carbonyl (C=O) groups is 1. The number of aromatic nitrogens is 1. The molecule has 4 heteroatoms. The number of nitrogens with zero attached hydrogens (tertiary/aromatic N) is 2. The molecule has 1 N–H and O–H groups in total. The first-order valence-electron chi connectivity index (χ1n) is 6.02. The van der Waals surface area contributed by atoms with Crippen molar-refractivity contribution in [2.45, 2.75) is 33.4 Å². The molecule has 0 unspecified atom stereocenters. The highest BCUT2D eigenvalue weighted by atomic mass is 16.2. The lowest BCUT2D eigenvalue weighted by atomic mass is 10.2. The molecule has 1 aromatic heterocycles. The molecule has 1 heterocycles. The van der Waals surface area contributed by atoms with Crippen molar-refractivity contribution in [2.75, 3.05) is 13.1 Å². The molecule has 0 saturated carbocycles. The topological polar surface area (TPSA) is 45.2 Å². The fraction of sp³-hybridized carbons (Fsp3) is 0.538. The van der Waals surface area contributed by atoms with Crippen LogP contribution in [0.3, 0.4) is 0 Å². The van der Waals surface area contributed by atoms with Crippen molar-refractivity contribution in [3.8, 4) is 0 Å². The second-order valence-electron chi connectivity index (χ2n) is 4.39. The third-order valence-electron chi connectivity index (χ3n) is 2.39. The molecule has 0 bridgehead atoms. The first kappa shape index (κ1) is 13.6. The van der Waals surface area contributed by atoms with Crippen LogP contribution in [-0.2, 0) is 11.3 Å². The van der Waals surface area contributed by atoms with Gasteiger partial charge in [-0.25, -0.2) is 0 Å². The average Bonchev–Trinajstić information content (AvgIpc) is 2.28. The quantitative estimate of drug-likeness (QED) is 0.811. The van der Waals surface area contributed by atoms with Gasteiger partial charge in [0.15, 0.2) is 0 Å². The lowest BCUT2D eigenvalue weighted by Crippen LogP contribution is -2.39. The van der Waals surface area contributed by atoms with Gasteiger partial charge < -0.3 is 5.32 Å². The molecule has 0 spiro atoms. The van der Waals surface area contributed by atoms with Crippen molar-refractivity contribution in [3.05, 3.63) is 30.1 Å². The third kappa shape index (κ3) is 5.45. The largest absolute Gasteiger partial charge is 0.353 e. The molecule has 4 nitrogen and oxygen atoms in total. The van der Waals surface area contributed by atoms with Crippen LogP contribution in [0.1, 0.15) is 26.3 Å². The molecular formula is C13H21N3O. The van der Waals surface area contributed by atoms with Gasteiger partial charge in [0, 0.05) is 25.0 Å². The fourth-order valence-electron chi connectivity index (χ4n) is 1.60. The van der Waals surface area contributed by atoms with Crippen molar-refractivity contribution in [3.63, 3.8) is 0 Å². The maximum atomic E-state index is 11.6. The first-order valence-corrected chi connectivity index (χ1v) is 6.02. The molecule has 1 amide bonds. The molecule has 1 aromatic rings. The molecule has 0 aromatic carbocycles. The summed E-state index contributed by atoms with van der Waals surface area (Å²) in [6.45, 7) is 8.03. The molecule has 0 aliphatic carbocycles. The summed E-state index contributed by atoms with van der Waals surface area (Å²) in [5, 5.41) is 2.90. The van der Waals surface area contributed by atoms with Crippen LogP contribution in [0.4, 0.5) is 0 Å². The number of nitrogens with one attached hydrogen (secondary N) is 1. The summed E-state index contributed by atoms with van der Waals surface area (Å²) in [5.74, 6) is 0.0748. The van der Waals surface area contributed by atoms with Gasteiger partial charge >= 0.3 is 0 Å². The normalized spacial score (nSPS) is 10.9. The SMILES string of the molecule is CCN(CC(=O)NC(C)C)Cc1cccnc1. The fourth-order valence-corrected chi connectivity index (χ4v) is 1.60. The summed E-state index contributed by atoms with van der Waals surface area (Å²) in [4.78, 5) is 17.8. The zero-order valence-corrected chi connectivity index (χ0v) is 10.8. The van der Waals surface area contributed by atoms with Crippen molar-refractivity contribution >= 4 is 5.91 Å². The van der Waals surface area contributed by atoms with Crippen molar-refractivity contribution in [2.24, 2.45) is 0 Å². The molecule has 94 valence electrons. The summed E-state index contributed by atoms with van der Waals surface area (Å²) in [6.07, 6.45) is 3.59. The Labute approximate surface area is 103 Å². The van der Waals surface area contributed by atoms with Crippen LogP contribution in [0.25, 0.3) is 0 Å². The van der Waals surface area contributed by atoms with Gasteiger partial charge in [0.05, 0.1) is 6.54 Å². The number of hydrogen-bond acceptors (Lipinski definition) is 3. The van der Waals surface area contributed by atoms with E-state index in [0.29, 0.717) is 6.54 Å². The zero-order chi connectivity index (χ0) is 12.7. The Kier molecular flexibility index (Phi) is 5.63. The van der Waals surface area contributed by atoms with Gasteiger partial charge in [-0.05, 0) is 32.0 Å². The lowest BCUT2D eigenvalue weighted by Gasteiger charge is -2.20. The van der Waals surface area contributed by atoms with E-state index in [1.807, 2.05) is 32.2 Å². The van der Waals surface area contributed by atoms with Gasteiger partial charge in [-0.2, -0.15) is 0 Å². The maximum Gasteiger partial charge on any atom is 0.234 e. The zero-order valence-electron chi connectivity index (χ0n) is 10.8. The van der Waals surface area contributed by atoms with E-state index >= 15 is 0 Å². The van der Waals surface area contributed by atoms with Crippen molar-refractivity contribution < 1.29 is 4.79 Å². The monoisotopic (exact) mass is 235 g/mol. The smallest absolute Gasteiger partial charge is 0.234 e. The molecule has 17 heavy (non-hydrogen) atoms. The summed E-state index contributed by atoms with van der Waals surface area (Å²) in [5.41, 5.74) is 1.13. The maximum absolute atomic E-state index is 11.6. The van der Waals surface area contributed by atoms with E-state index in [-0.39, 0.29) is 11.9 Å². The van der Waals surface area contributed by atoms with Gasteiger partial charge in [-0.1, -0.05) is 13.0 Å². The number of pyridine rings is 1. The molecule has 0 atom stereocenters. The first-order chi connectivity index (χ1) is 8.11.